The van der Waals surface area contributed by atoms with Gasteiger partial charge in [-0.1, -0.05) is 150 Å². The molecule has 0 bridgehead atoms. The Morgan fingerprint density at radius 1 is 0.395 bits per heavy atom. The van der Waals surface area contributed by atoms with E-state index in [9.17, 15) is 5.11 Å². The van der Waals surface area contributed by atoms with Crippen LogP contribution in [0.3, 0.4) is 0 Å². The Morgan fingerprint density at radius 3 is 1.23 bits per heavy atom. The summed E-state index contributed by atoms with van der Waals surface area (Å²) in [5, 5.41) is 12.6. The molecule has 4 nitrogen and oxygen atoms in total. The minimum atomic E-state index is 0.239. The Bertz CT molecular complexity index is 1430. The molecular weight excluding hydrogens is 526 g/mol. The van der Waals surface area contributed by atoms with Gasteiger partial charge in [0.2, 0.25) is 0 Å². The number of phenolic OH excluding ortho intramolecular Hbond substituents is 1. The first-order chi connectivity index (χ1) is 21.3. The number of nitrogens with zero attached hydrogens (tertiary/aromatic N) is 3. The van der Waals surface area contributed by atoms with E-state index in [1.54, 1.807) is 18.3 Å². The van der Waals surface area contributed by atoms with Crippen molar-refractivity contribution in [2.75, 3.05) is 0 Å². The molecule has 0 aliphatic heterocycles. The van der Waals surface area contributed by atoms with Gasteiger partial charge in [-0.15, -0.1) is 0 Å². The smallest absolute Gasteiger partial charge is 0.141 e. The number of fused-ring (bicyclic) bond motifs is 3. The van der Waals surface area contributed by atoms with Gasteiger partial charge < -0.3 is 5.11 Å². The third-order valence-electron chi connectivity index (χ3n) is 5.07. The van der Waals surface area contributed by atoms with Crippen LogP contribution < -0.4 is 0 Å². The summed E-state index contributed by atoms with van der Waals surface area (Å²) in [6.45, 7) is 24.0. The molecule has 4 heteroatoms. The highest BCUT2D eigenvalue weighted by Gasteiger charge is 2.04. The molecule has 0 aliphatic carbocycles. The summed E-state index contributed by atoms with van der Waals surface area (Å²) in [4.78, 5) is 13.4. The van der Waals surface area contributed by atoms with Gasteiger partial charge in [0.1, 0.15) is 11.3 Å². The summed E-state index contributed by atoms with van der Waals surface area (Å²) in [5.74, 6) is 0.239. The van der Waals surface area contributed by atoms with Crippen LogP contribution in [0.5, 0.6) is 5.75 Å². The fraction of sp³-hybridized carbons (Fsp3) is 0.308. The number of aromatic nitrogens is 3. The van der Waals surface area contributed by atoms with Gasteiger partial charge in [-0.2, -0.15) is 0 Å². The Kier molecular flexibility index (Phi) is 25.2. The average Bonchev–Trinajstić information content (AvgIpc) is 3.13. The molecule has 6 rings (SSSR count). The van der Waals surface area contributed by atoms with Crippen LogP contribution in [0.2, 0.25) is 0 Å². The standard InChI is InChI=1S/C18H12N2.C9H7NO.6C2H6/c1-3-7-15-13(5-1)9-11-17(19-15)18-12-10-14-6-2-4-8-16(14)20-18;11-8-5-1-3-7-4-2-6-10-9(7)8;6*1-2/h1-12H;1-6,11H;6*1-2H3. The van der Waals surface area contributed by atoms with Crippen LogP contribution in [-0.4, -0.2) is 20.1 Å². The first-order valence-electron chi connectivity index (χ1n) is 16.0. The van der Waals surface area contributed by atoms with Gasteiger partial charge in [0.05, 0.1) is 22.4 Å². The van der Waals surface area contributed by atoms with Crippen molar-refractivity contribution < 1.29 is 5.11 Å². The molecule has 0 saturated heterocycles. The summed E-state index contributed by atoms with van der Waals surface area (Å²) < 4.78 is 0. The Labute approximate surface area is 261 Å². The van der Waals surface area contributed by atoms with Crippen molar-refractivity contribution in [2.45, 2.75) is 83.1 Å². The zero-order valence-corrected chi connectivity index (χ0v) is 28.7. The van der Waals surface area contributed by atoms with E-state index in [1.165, 1.54) is 0 Å². The predicted molar refractivity (Wildman–Crippen MR) is 194 cm³/mol. The van der Waals surface area contributed by atoms with E-state index in [0.29, 0.717) is 5.52 Å². The average molecular weight is 582 g/mol. The summed E-state index contributed by atoms with van der Waals surface area (Å²) in [7, 11) is 0. The molecule has 3 heterocycles. The molecule has 3 aromatic carbocycles. The first-order valence-corrected chi connectivity index (χ1v) is 16.0. The van der Waals surface area contributed by atoms with E-state index < -0.39 is 0 Å². The van der Waals surface area contributed by atoms with Crippen molar-refractivity contribution >= 4 is 32.7 Å². The number of hydrogen-bond acceptors (Lipinski definition) is 4. The van der Waals surface area contributed by atoms with E-state index in [2.05, 4.69) is 39.2 Å². The molecule has 3 aromatic heterocycles. The second-order valence-electron chi connectivity index (χ2n) is 7.13. The molecule has 0 amide bonds. The number of benzene rings is 3. The number of phenols is 1. The molecule has 0 unspecified atom stereocenters. The molecule has 0 saturated carbocycles. The topological polar surface area (TPSA) is 58.9 Å². The maximum Gasteiger partial charge on any atom is 0.141 e. The van der Waals surface area contributed by atoms with Crippen LogP contribution in [0.15, 0.2) is 109 Å². The van der Waals surface area contributed by atoms with Gasteiger partial charge in [0.25, 0.3) is 0 Å². The normalized spacial score (nSPS) is 8.56. The second-order valence-corrected chi connectivity index (χ2v) is 7.13. The maximum atomic E-state index is 9.31. The van der Waals surface area contributed by atoms with Gasteiger partial charge in [0.15, 0.2) is 0 Å². The summed E-state index contributed by atoms with van der Waals surface area (Å²) in [6.07, 6.45) is 1.67. The number of pyridine rings is 3. The molecule has 0 radical (unpaired) electrons. The quantitative estimate of drug-likeness (QED) is 0.210. The predicted octanol–water partition coefficient (Wildman–Crippen LogP) is 12.5. The van der Waals surface area contributed by atoms with Crippen molar-refractivity contribution in [3.8, 4) is 17.1 Å². The van der Waals surface area contributed by atoms with Crippen molar-refractivity contribution in [3.63, 3.8) is 0 Å². The number of para-hydroxylation sites is 3. The third-order valence-corrected chi connectivity index (χ3v) is 5.07. The van der Waals surface area contributed by atoms with E-state index in [-0.39, 0.29) is 5.75 Å². The van der Waals surface area contributed by atoms with E-state index in [0.717, 1.165) is 38.6 Å². The lowest BCUT2D eigenvalue weighted by atomic mass is 10.1. The fourth-order valence-electron chi connectivity index (χ4n) is 3.51. The molecular formula is C39H55N3O. The lowest BCUT2D eigenvalue weighted by Crippen LogP contribution is -1.89. The maximum absolute atomic E-state index is 9.31. The zero-order chi connectivity index (χ0) is 33.0. The van der Waals surface area contributed by atoms with Crippen LogP contribution in [0, 0.1) is 0 Å². The van der Waals surface area contributed by atoms with Crippen molar-refractivity contribution in [3.05, 3.63) is 109 Å². The van der Waals surface area contributed by atoms with E-state index in [1.807, 2.05) is 150 Å². The summed E-state index contributed by atoms with van der Waals surface area (Å²) >= 11 is 0. The number of hydrogen-bond donors (Lipinski definition) is 1. The van der Waals surface area contributed by atoms with Crippen LogP contribution >= 0.6 is 0 Å². The number of rotatable bonds is 1. The number of aromatic hydroxyl groups is 1. The molecule has 232 valence electrons. The molecule has 1 N–H and O–H groups in total. The summed E-state index contributed by atoms with van der Waals surface area (Å²) in [5.41, 5.74) is 4.49. The third kappa shape index (κ3) is 13.0. The highest BCUT2D eigenvalue weighted by Crippen LogP contribution is 2.22. The highest BCUT2D eigenvalue weighted by atomic mass is 16.3. The SMILES string of the molecule is CC.CC.CC.CC.CC.CC.Oc1cccc2cccnc12.c1ccc2nc(-c3ccc4ccccc4n3)ccc2c1. The monoisotopic (exact) mass is 581 g/mol. The van der Waals surface area contributed by atoms with Gasteiger partial charge in [0, 0.05) is 22.4 Å². The molecule has 6 aromatic rings. The van der Waals surface area contributed by atoms with Crippen LogP contribution in [0.1, 0.15) is 83.1 Å². The summed E-state index contributed by atoms with van der Waals surface area (Å²) in [6, 6.07) is 33.6. The molecule has 0 atom stereocenters. The Balaban J connectivity index is 0. The Morgan fingerprint density at radius 2 is 0.791 bits per heavy atom. The van der Waals surface area contributed by atoms with Crippen molar-refractivity contribution in [2.24, 2.45) is 0 Å². The van der Waals surface area contributed by atoms with Crippen LogP contribution in [0.4, 0.5) is 0 Å². The lowest BCUT2D eigenvalue weighted by Gasteiger charge is -2.04. The lowest BCUT2D eigenvalue weighted by molar-refractivity contribution is 0.480. The first kappa shape index (κ1) is 40.8. The van der Waals surface area contributed by atoms with Crippen molar-refractivity contribution in [1.29, 1.82) is 0 Å². The minimum Gasteiger partial charge on any atom is -0.506 e. The van der Waals surface area contributed by atoms with E-state index in [4.69, 9.17) is 0 Å². The highest BCUT2D eigenvalue weighted by molar-refractivity contribution is 5.84. The van der Waals surface area contributed by atoms with Gasteiger partial charge in [-0.05, 0) is 36.4 Å². The van der Waals surface area contributed by atoms with Gasteiger partial charge in [-0.25, -0.2) is 9.97 Å². The molecule has 43 heavy (non-hydrogen) atoms. The Hall–Kier alpha value is -4.31. The molecule has 0 aliphatic rings. The van der Waals surface area contributed by atoms with Crippen LogP contribution in [-0.2, 0) is 0 Å². The largest absolute Gasteiger partial charge is 0.506 e. The molecule has 0 spiro atoms. The fourth-order valence-corrected chi connectivity index (χ4v) is 3.51. The molecule has 0 fully saturated rings. The second kappa shape index (κ2) is 26.6. The van der Waals surface area contributed by atoms with Gasteiger partial charge in [-0.3, -0.25) is 4.98 Å². The van der Waals surface area contributed by atoms with Crippen molar-refractivity contribution in [1.82, 2.24) is 15.0 Å². The van der Waals surface area contributed by atoms with Crippen LogP contribution in [0.25, 0.3) is 44.1 Å². The minimum absolute atomic E-state index is 0.239. The zero-order valence-electron chi connectivity index (χ0n) is 28.7. The van der Waals surface area contributed by atoms with E-state index >= 15 is 0 Å². The van der Waals surface area contributed by atoms with Gasteiger partial charge >= 0.3 is 0 Å².